The van der Waals surface area contributed by atoms with Crippen LogP contribution in [0.25, 0.3) is 0 Å². The Morgan fingerprint density at radius 2 is 2.14 bits per heavy atom. The maximum Gasteiger partial charge on any atom is 0.292 e. The van der Waals surface area contributed by atoms with E-state index in [4.69, 9.17) is 15.3 Å². The van der Waals surface area contributed by atoms with Crippen molar-refractivity contribution in [2.45, 2.75) is 18.9 Å². The van der Waals surface area contributed by atoms with Crippen molar-refractivity contribution in [1.82, 2.24) is 0 Å². The minimum atomic E-state index is -3.34. The smallest absolute Gasteiger partial charge is 0.292 e. The standard InChI is InChI=1S/C8H11F2NO2.ClH/c1-5-2-3-6(13-5)7(11)8(9,10)4-12;/h2-3,7,12H,4,11H2,1H3;1H/t7-;/m1./s1. The molecule has 0 aliphatic heterocycles. The van der Waals surface area contributed by atoms with Crippen LogP contribution in [0.2, 0.25) is 0 Å². The summed E-state index contributed by atoms with van der Waals surface area (Å²) in [6, 6.07) is 1.33. The number of aryl methyl sites for hydroxylation is 1. The molecule has 0 radical (unpaired) electrons. The highest BCUT2D eigenvalue weighted by Gasteiger charge is 2.39. The van der Waals surface area contributed by atoms with Gasteiger partial charge in [-0.1, -0.05) is 0 Å². The van der Waals surface area contributed by atoms with Crippen molar-refractivity contribution in [3.05, 3.63) is 23.7 Å². The van der Waals surface area contributed by atoms with Gasteiger partial charge in [-0.15, -0.1) is 12.4 Å². The number of alkyl halides is 2. The van der Waals surface area contributed by atoms with E-state index in [0.29, 0.717) is 5.76 Å². The number of aliphatic hydroxyl groups excluding tert-OH is 1. The Kier molecular flexibility index (Phi) is 4.51. The maximum absolute atomic E-state index is 12.8. The van der Waals surface area contributed by atoms with Crippen molar-refractivity contribution >= 4 is 12.4 Å². The molecule has 0 aliphatic carbocycles. The molecule has 6 heteroatoms. The first-order chi connectivity index (χ1) is 5.97. The van der Waals surface area contributed by atoms with Crippen LogP contribution in [0.5, 0.6) is 0 Å². The molecule has 0 fully saturated rings. The lowest BCUT2D eigenvalue weighted by molar-refractivity contribution is -0.0756. The van der Waals surface area contributed by atoms with Crippen LogP contribution >= 0.6 is 12.4 Å². The minimum absolute atomic E-state index is 0. The van der Waals surface area contributed by atoms with E-state index in [1.165, 1.54) is 6.07 Å². The lowest BCUT2D eigenvalue weighted by atomic mass is 10.1. The third kappa shape index (κ3) is 2.67. The quantitative estimate of drug-likeness (QED) is 0.825. The molecule has 0 aromatic carbocycles. The SMILES string of the molecule is Cc1ccc([C@@H](N)C(F)(F)CO)o1.Cl. The second-order valence-electron chi connectivity index (χ2n) is 2.85. The molecule has 14 heavy (non-hydrogen) atoms. The van der Waals surface area contributed by atoms with Crippen LogP contribution in [-0.4, -0.2) is 17.6 Å². The van der Waals surface area contributed by atoms with Crippen molar-refractivity contribution in [1.29, 1.82) is 0 Å². The summed E-state index contributed by atoms with van der Waals surface area (Å²) >= 11 is 0. The van der Waals surface area contributed by atoms with E-state index in [9.17, 15) is 8.78 Å². The zero-order chi connectivity index (χ0) is 10.1. The Labute approximate surface area is 86.3 Å². The highest BCUT2D eigenvalue weighted by molar-refractivity contribution is 5.85. The van der Waals surface area contributed by atoms with Crippen LogP contribution in [0.3, 0.4) is 0 Å². The van der Waals surface area contributed by atoms with E-state index >= 15 is 0 Å². The first kappa shape index (κ1) is 13.4. The van der Waals surface area contributed by atoms with Crippen LogP contribution in [0.15, 0.2) is 16.5 Å². The second kappa shape index (κ2) is 4.72. The van der Waals surface area contributed by atoms with Gasteiger partial charge in [0.2, 0.25) is 0 Å². The molecule has 0 saturated heterocycles. The normalized spacial score (nSPS) is 13.5. The van der Waals surface area contributed by atoms with Gasteiger partial charge in [0.05, 0.1) is 0 Å². The van der Waals surface area contributed by atoms with Crippen molar-refractivity contribution in [2.75, 3.05) is 6.61 Å². The van der Waals surface area contributed by atoms with Crippen molar-refractivity contribution in [3.63, 3.8) is 0 Å². The van der Waals surface area contributed by atoms with Crippen LogP contribution in [0.1, 0.15) is 17.6 Å². The fourth-order valence-corrected chi connectivity index (χ4v) is 0.927. The van der Waals surface area contributed by atoms with Gasteiger partial charge in [0.1, 0.15) is 24.2 Å². The maximum atomic E-state index is 12.8. The monoisotopic (exact) mass is 227 g/mol. The molecular formula is C8H12ClF2NO2. The molecule has 0 bridgehead atoms. The average molecular weight is 228 g/mol. The van der Waals surface area contributed by atoms with Gasteiger partial charge >= 0.3 is 0 Å². The molecule has 1 aromatic rings. The minimum Gasteiger partial charge on any atom is -0.464 e. The van der Waals surface area contributed by atoms with Gasteiger partial charge in [-0.3, -0.25) is 0 Å². The number of aliphatic hydroxyl groups is 1. The average Bonchev–Trinajstić information content (AvgIpc) is 2.50. The fourth-order valence-electron chi connectivity index (χ4n) is 0.927. The van der Waals surface area contributed by atoms with Crippen LogP contribution in [0.4, 0.5) is 8.78 Å². The summed E-state index contributed by atoms with van der Waals surface area (Å²) < 4.78 is 30.5. The van der Waals surface area contributed by atoms with Gasteiger partial charge in [0, 0.05) is 0 Å². The Hall–Kier alpha value is -0.650. The topological polar surface area (TPSA) is 59.4 Å². The van der Waals surface area contributed by atoms with E-state index in [2.05, 4.69) is 0 Å². The van der Waals surface area contributed by atoms with Crippen molar-refractivity contribution < 1.29 is 18.3 Å². The first-order valence-electron chi connectivity index (χ1n) is 3.78. The van der Waals surface area contributed by atoms with Gasteiger partial charge in [0.25, 0.3) is 5.92 Å². The summed E-state index contributed by atoms with van der Waals surface area (Å²) in [6.45, 7) is 0.348. The second-order valence-corrected chi connectivity index (χ2v) is 2.85. The zero-order valence-electron chi connectivity index (χ0n) is 7.54. The molecule has 3 N–H and O–H groups in total. The molecule has 1 heterocycles. The van der Waals surface area contributed by atoms with Crippen molar-refractivity contribution in [3.8, 4) is 0 Å². The predicted octanol–water partition coefficient (Wildman–Crippen LogP) is 1.64. The van der Waals surface area contributed by atoms with Crippen LogP contribution in [0, 0.1) is 6.92 Å². The van der Waals surface area contributed by atoms with E-state index in [1.807, 2.05) is 0 Å². The molecule has 0 unspecified atom stereocenters. The van der Waals surface area contributed by atoms with Crippen LogP contribution < -0.4 is 5.73 Å². The molecule has 82 valence electrons. The van der Waals surface area contributed by atoms with Crippen molar-refractivity contribution in [2.24, 2.45) is 5.73 Å². The summed E-state index contributed by atoms with van der Waals surface area (Å²) in [5.41, 5.74) is 5.19. The highest BCUT2D eigenvalue weighted by Crippen LogP contribution is 2.29. The molecule has 1 atom stereocenters. The van der Waals surface area contributed by atoms with Gasteiger partial charge in [0.15, 0.2) is 0 Å². The van der Waals surface area contributed by atoms with E-state index < -0.39 is 18.6 Å². The Morgan fingerprint density at radius 1 is 1.57 bits per heavy atom. The third-order valence-corrected chi connectivity index (χ3v) is 1.73. The highest BCUT2D eigenvalue weighted by atomic mass is 35.5. The van der Waals surface area contributed by atoms with Gasteiger partial charge < -0.3 is 15.3 Å². The third-order valence-electron chi connectivity index (χ3n) is 1.73. The summed E-state index contributed by atoms with van der Waals surface area (Å²) in [7, 11) is 0. The predicted molar refractivity (Wildman–Crippen MR) is 49.7 cm³/mol. The molecule has 0 spiro atoms. The van der Waals surface area contributed by atoms with Gasteiger partial charge in [-0.2, -0.15) is 0 Å². The Balaban J connectivity index is 0.00000169. The number of rotatable bonds is 3. The Morgan fingerprint density at radius 3 is 2.50 bits per heavy atom. The molecule has 0 aliphatic rings. The largest absolute Gasteiger partial charge is 0.464 e. The molecular weight excluding hydrogens is 216 g/mol. The number of halogens is 3. The van der Waals surface area contributed by atoms with Gasteiger partial charge in [-0.05, 0) is 19.1 Å². The molecule has 3 nitrogen and oxygen atoms in total. The zero-order valence-corrected chi connectivity index (χ0v) is 8.35. The molecule has 1 rings (SSSR count). The van der Waals surface area contributed by atoms with Crippen LogP contribution in [-0.2, 0) is 0 Å². The number of hydrogen-bond donors (Lipinski definition) is 2. The fraction of sp³-hybridized carbons (Fsp3) is 0.500. The number of furan rings is 1. The van der Waals surface area contributed by atoms with E-state index in [0.717, 1.165) is 0 Å². The summed E-state index contributed by atoms with van der Waals surface area (Å²) in [5, 5.41) is 8.36. The summed E-state index contributed by atoms with van der Waals surface area (Å²) in [6.07, 6.45) is 0. The molecule has 0 saturated carbocycles. The van der Waals surface area contributed by atoms with E-state index in [-0.39, 0.29) is 18.2 Å². The lowest BCUT2D eigenvalue weighted by Crippen LogP contribution is -2.35. The van der Waals surface area contributed by atoms with E-state index in [1.54, 1.807) is 13.0 Å². The van der Waals surface area contributed by atoms with Gasteiger partial charge in [-0.25, -0.2) is 8.78 Å². The summed E-state index contributed by atoms with van der Waals surface area (Å²) in [4.78, 5) is 0. The lowest BCUT2D eigenvalue weighted by Gasteiger charge is -2.18. The number of nitrogens with two attached hydrogens (primary N) is 1. The molecule has 0 amide bonds. The number of hydrogen-bond acceptors (Lipinski definition) is 3. The molecule has 1 aromatic heterocycles. The first-order valence-corrected chi connectivity index (χ1v) is 3.78. The summed E-state index contributed by atoms with van der Waals surface area (Å²) in [5.74, 6) is -2.85. The Bertz CT molecular complexity index is 291.